The predicted molar refractivity (Wildman–Crippen MR) is 105 cm³/mol. The van der Waals surface area contributed by atoms with E-state index in [9.17, 15) is 4.79 Å². The standard InChI is InChI=1S/C17H14Br4O/c18-13-5-11(6-14(19)9-13)1-3-17(22)4-2-12-7-15(20)10-16(21)8-12/h5-10H,1-4H2. The van der Waals surface area contributed by atoms with Crippen molar-refractivity contribution in [3.8, 4) is 0 Å². The number of aryl methyl sites for hydroxylation is 2. The number of hydrogen-bond acceptors (Lipinski definition) is 1. The van der Waals surface area contributed by atoms with Crippen molar-refractivity contribution in [2.45, 2.75) is 25.7 Å². The second kappa shape index (κ2) is 8.76. The zero-order valence-corrected chi connectivity index (χ0v) is 18.1. The van der Waals surface area contributed by atoms with Crippen LogP contribution in [0.25, 0.3) is 0 Å². The van der Waals surface area contributed by atoms with Crippen molar-refractivity contribution in [3.63, 3.8) is 0 Å². The summed E-state index contributed by atoms with van der Waals surface area (Å²) in [4.78, 5) is 12.1. The van der Waals surface area contributed by atoms with E-state index in [1.807, 2.05) is 12.1 Å². The van der Waals surface area contributed by atoms with Crippen LogP contribution in [0.2, 0.25) is 0 Å². The molecule has 0 aliphatic rings. The Balaban J connectivity index is 1.85. The van der Waals surface area contributed by atoms with Crippen LogP contribution >= 0.6 is 63.7 Å². The highest BCUT2D eigenvalue weighted by Crippen LogP contribution is 2.22. The van der Waals surface area contributed by atoms with E-state index in [0.717, 1.165) is 30.7 Å². The van der Waals surface area contributed by atoms with E-state index in [-0.39, 0.29) is 0 Å². The Kier molecular flexibility index (Phi) is 7.32. The van der Waals surface area contributed by atoms with E-state index < -0.39 is 0 Å². The molecule has 0 fully saturated rings. The molecule has 0 bridgehead atoms. The largest absolute Gasteiger partial charge is 0.300 e. The maximum atomic E-state index is 12.1. The molecule has 0 aliphatic carbocycles. The lowest BCUT2D eigenvalue weighted by molar-refractivity contribution is -0.119. The van der Waals surface area contributed by atoms with E-state index in [1.165, 1.54) is 11.1 Å². The third kappa shape index (κ3) is 6.26. The molecule has 0 N–H and O–H groups in total. The lowest BCUT2D eigenvalue weighted by Gasteiger charge is -2.05. The van der Waals surface area contributed by atoms with Gasteiger partial charge in [0.05, 0.1) is 0 Å². The Hall–Kier alpha value is 0.0300. The molecular weight excluding hydrogens is 540 g/mol. The molecule has 0 aliphatic heterocycles. The van der Waals surface area contributed by atoms with Crippen LogP contribution in [-0.4, -0.2) is 5.78 Å². The van der Waals surface area contributed by atoms with Gasteiger partial charge in [0, 0.05) is 30.7 Å². The number of carbonyl (C=O) groups is 1. The van der Waals surface area contributed by atoms with Crippen LogP contribution in [0.3, 0.4) is 0 Å². The summed E-state index contributed by atoms with van der Waals surface area (Å²) in [6.45, 7) is 0. The van der Waals surface area contributed by atoms with Gasteiger partial charge in [-0.15, -0.1) is 0 Å². The topological polar surface area (TPSA) is 17.1 Å². The third-order valence-corrected chi connectivity index (χ3v) is 5.06. The monoisotopic (exact) mass is 550 g/mol. The zero-order chi connectivity index (χ0) is 16.1. The molecule has 1 nitrogen and oxygen atoms in total. The number of benzene rings is 2. The molecule has 0 amide bonds. The fraction of sp³-hybridized carbons (Fsp3) is 0.235. The van der Waals surface area contributed by atoms with Crippen LogP contribution in [0, 0.1) is 0 Å². The molecule has 2 aromatic carbocycles. The molecule has 0 unspecified atom stereocenters. The lowest BCUT2D eigenvalue weighted by atomic mass is 10.0. The van der Waals surface area contributed by atoms with Crippen LogP contribution < -0.4 is 0 Å². The second-order valence-electron chi connectivity index (χ2n) is 5.09. The molecule has 0 saturated carbocycles. The van der Waals surface area contributed by atoms with Crippen molar-refractivity contribution in [1.29, 1.82) is 0 Å². The molecule has 0 spiro atoms. The highest BCUT2D eigenvalue weighted by atomic mass is 79.9. The number of carbonyl (C=O) groups excluding carboxylic acids is 1. The number of ketones is 1. The van der Waals surface area contributed by atoms with Crippen LogP contribution in [0.15, 0.2) is 54.3 Å². The fourth-order valence-corrected chi connectivity index (χ4v) is 4.98. The van der Waals surface area contributed by atoms with Crippen LogP contribution in [-0.2, 0) is 17.6 Å². The van der Waals surface area contributed by atoms with Crippen molar-refractivity contribution in [2.75, 3.05) is 0 Å². The highest BCUT2D eigenvalue weighted by Gasteiger charge is 2.06. The molecule has 0 saturated heterocycles. The van der Waals surface area contributed by atoms with Crippen molar-refractivity contribution in [2.24, 2.45) is 0 Å². The van der Waals surface area contributed by atoms with Gasteiger partial charge in [0.15, 0.2) is 0 Å². The van der Waals surface area contributed by atoms with Crippen molar-refractivity contribution >= 4 is 69.5 Å². The number of Topliss-reactive ketones (excluding diaryl/α,β-unsaturated/α-hetero) is 1. The molecule has 0 heterocycles. The number of rotatable bonds is 6. The van der Waals surface area contributed by atoms with Gasteiger partial charge in [-0.05, 0) is 60.4 Å². The summed E-state index contributed by atoms with van der Waals surface area (Å²) in [6, 6.07) is 12.2. The fourth-order valence-electron chi connectivity index (χ4n) is 2.20. The van der Waals surface area contributed by atoms with Gasteiger partial charge in [-0.2, -0.15) is 0 Å². The Bertz CT molecular complexity index is 584. The molecule has 0 aromatic heterocycles. The average molecular weight is 554 g/mol. The molecule has 5 heteroatoms. The van der Waals surface area contributed by atoms with E-state index in [1.54, 1.807) is 0 Å². The molecule has 2 aromatic rings. The highest BCUT2D eigenvalue weighted by molar-refractivity contribution is 9.11. The first-order chi connectivity index (χ1) is 10.4. The van der Waals surface area contributed by atoms with Gasteiger partial charge in [0.2, 0.25) is 0 Å². The molecule has 22 heavy (non-hydrogen) atoms. The van der Waals surface area contributed by atoms with Gasteiger partial charge in [-0.25, -0.2) is 0 Å². The van der Waals surface area contributed by atoms with Gasteiger partial charge in [-0.1, -0.05) is 63.7 Å². The molecular formula is C17H14Br4O. The van der Waals surface area contributed by atoms with Gasteiger partial charge in [-0.3, -0.25) is 4.79 Å². The lowest BCUT2D eigenvalue weighted by Crippen LogP contribution is -2.02. The zero-order valence-electron chi connectivity index (χ0n) is 11.7. The summed E-state index contributed by atoms with van der Waals surface area (Å²) in [5, 5.41) is 0. The van der Waals surface area contributed by atoms with Crippen molar-refractivity contribution < 1.29 is 4.79 Å². The maximum absolute atomic E-state index is 12.1. The van der Waals surface area contributed by atoms with Crippen molar-refractivity contribution in [3.05, 3.63) is 65.4 Å². The van der Waals surface area contributed by atoms with Crippen molar-refractivity contribution in [1.82, 2.24) is 0 Å². The number of hydrogen-bond donors (Lipinski definition) is 0. The molecule has 2 rings (SSSR count). The van der Waals surface area contributed by atoms with E-state index in [0.29, 0.717) is 18.6 Å². The van der Waals surface area contributed by atoms with Gasteiger partial charge >= 0.3 is 0 Å². The Morgan fingerprint density at radius 2 is 0.955 bits per heavy atom. The summed E-state index contributed by atoms with van der Waals surface area (Å²) in [5.74, 6) is 0.298. The normalized spacial score (nSPS) is 10.7. The molecule has 0 atom stereocenters. The smallest absolute Gasteiger partial charge is 0.133 e. The van der Waals surface area contributed by atoms with Crippen LogP contribution in [0.5, 0.6) is 0 Å². The Morgan fingerprint density at radius 1 is 0.636 bits per heavy atom. The first kappa shape index (κ1) is 18.4. The van der Waals surface area contributed by atoms with Crippen LogP contribution in [0.1, 0.15) is 24.0 Å². The first-order valence-electron chi connectivity index (χ1n) is 6.84. The van der Waals surface area contributed by atoms with Gasteiger partial charge < -0.3 is 0 Å². The van der Waals surface area contributed by atoms with E-state index in [2.05, 4.69) is 88.0 Å². The second-order valence-corrected chi connectivity index (χ2v) is 8.76. The Morgan fingerprint density at radius 3 is 1.27 bits per heavy atom. The first-order valence-corrected chi connectivity index (χ1v) is 10.0. The predicted octanol–water partition coefficient (Wildman–Crippen LogP) is 6.87. The molecule has 0 radical (unpaired) electrons. The summed E-state index contributed by atoms with van der Waals surface area (Å²) in [5.41, 5.74) is 2.33. The minimum Gasteiger partial charge on any atom is -0.300 e. The van der Waals surface area contributed by atoms with Gasteiger partial charge in [0.1, 0.15) is 5.78 Å². The minimum atomic E-state index is 0.298. The average Bonchev–Trinajstić information content (AvgIpc) is 2.41. The summed E-state index contributed by atoms with van der Waals surface area (Å²) in [6.07, 6.45) is 2.72. The summed E-state index contributed by atoms with van der Waals surface area (Å²) in [7, 11) is 0. The minimum absolute atomic E-state index is 0.298. The van der Waals surface area contributed by atoms with E-state index in [4.69, 9.17) is 0 Å². The quantitative estimate of drug-likeness (QED) is 0.381. The summed E-state index contributed by atoms with van der Waals surface area (Å²) >= 11 is 13.9. The van der Waals surface area contributed by atoms with Gasteiger partial charge in [0.25, 0.3) is 0 Å². The van der Waals surface area contributed by atoms with E-state index >= 15 is 0 Å². The van der Waals surface area contributed by atoms with Crippen LogP contribution in [0.4, 0.5) is 0 Å². The Labute approximate surface area is 164 Å². The maximum Gasteiger partial charge on any atom is 0.133 e. The SMILES string of the molecule is O=C(CCc1cc(Br)cc(Br)c1)CCc1cc(Br)cc(Br)c1. The molecule has 116 valence electrons. The number of halogens is 4. The summed E-state index contributed by atoms with van der Waals surface area (Å²) < 4.78 is 4.12. The third-order valence-electron chi connectivity index (χ3n) is 3.23.